The molecule has 0 fully saturated rings. The third-order valence-electron chi connectivity index (χ3n) is 4.60. The summed E-state index contributed by atoms with van der Waals surface area (Å²) in [4.78, 5) is 27.2. The molecule has 0 unspecified atom stereocenters. The Labute approximate surface area is 221 Å². The van der Waals surface area contributed by atoms with Gasteiger partial charge in [-0.05, 0) is 78.0 Å². The van der Waals surface area contributed by atoms with Crippen molar-refractivity contribution in [1.82, 2.24) is 4.72 Å². The van der Waals surface area contributed by atoms with Crippen molar-refractivity contribution >= 4 is 62.6 Å². The zero-order valence-corrected chi connectivity index (χ0v) is 23.1. The molecule has 3 rings (SSSR count). The summed E-state index contributed by atoms with van der Waals surface area (Å²) < 4.78 is 38.4. The Balaban J connectivity index is 2.03. The van der Waals surface area contributed by atoms with Crippen molar-refractivity contribution in [1.29, 1.82) is 0 Å². The number of hydrogen-bond acceptors (Lipinski definition) is 6. The van der Waals surface area contributed by atoms with E-state index in [-0.39, 0.29) is 17.0 Å². The van der Waals surface area contributed by atoms with Gasteiger partial charge in [0.05, 0.1) is 11.3 Å². The summed E-state index contributed by atoms with van der Waals surface area (Å²) in [6, 6.07) is 9.30. The van der Waals surface area contributed by atoms with E-state index in [4.69, 9.17) is 32.7 Å². The fourth-order valence-corrected chi connectivity index (χ4v) is 5.07. The molecule has 8 nitrogen and oxygen atoms in total. The van der Waals surface area contributed by atoms with Crippen LogP contribution in [0.2, 0.25) is 10.0 Å². The van der Waals surface area contributed by atoms with Gasteiger partial charge in [-0.15, -0.1) is 0 Å². The molecule has 0 aliphatic carbocycles. The lowest BCUT2D eigenvalue weighted by atomic mass is 10.0. The number of amides is 2. The van der Waals surface area contributed by atoms with Crippen LogP contribution in [-0.4, -0.2) is 37.5 Å². The topological polar surface area (TPSA) is 102 Å². The van der Waals surface area contributed by atoms with Crippen LogP contribution in [0.3, 0.4) is 0 Å². The van der Waals surface area contributed by atoms with Crippen molar-refractivity contribution in [2.75, 3.05) is 10.8 Å². The minimum absolute atomic E-state index is 0.162. The lowest BCUT2D eigenvalue weighted by Gasteiger charge is -2.23. The van der Waals surface area contributed by atoms with E-state index in [1.165, 1.54) is 24.3 Å². The molecule has 194 valence electrons. The Morgan fingerprint density at radius 1 is 1.03 bits per heavy atom. The molecule has 1 N–H and O–H groups in total. The minimum atomic E-state index is -3.77. The first kappa shape index (κ1) is 28.0. The van der Waals surface area contributed by atoms with E-state index < -0.39 is 39.1 Å². The molecule has 0 atom stereocenters. The van der Waals surface area contributed by atoms with Crippen LogP contribution in [0.4, 0.5) is 10.5 Å². The van der Waals surface area contributed by atoms with Crippen molar-refractivity contribution < 1.29 is 27.5 Å². The molecule has 0 spiro atoms. The van der Waals surface area contributed by atoms with Gasteiger partial charge in [0.1, 0.15) is 11.4 Å². The highest BCUT2D eigenvalue weighted by Gasteiger charge is 2.39. The standard InChI is InChI=1S/C25H28Cl2N2O6S/c1-24(2,3)28-36(32,33)14-34-21-10-8-16(26)11-15(21)12-19-18-9-7-17(27)13-20(18)29(22(19)30)23(31)35-25(4,5)6/h7-13,28H,14H2,1-6H3/b19-12-. The third-order valence-corrected chi connectivity index (χ3v) is 6.43. The largest absolute Gasteiger partial charge is 0.476 e. The van der Waals surface area contributed by atoms with E-state index >= 15 is 0 Å². The second-order valence-corrected chi connectivity index (χ2v) is 12.8. The average molecular weight is 555 g/mol. The zero-order chi connectivity index (χ0) is 27.1. The number of carbonyl (C=O) groups excluding carboxylic acids is 2. The number of ether oxygens (including phenoxy) is 2. The van der Waals surface area contributed by atoms with Crippen LogP contribution in [0.15, 0.2) is 36.4 Å². The number of benzene rings is 2. The molecular weight excluding hydrogens is 527 g/mol. The van der Waals surface area contributed by atoms with E-state index in [0.717, 1.165) is 4.90 Å². The van der Waals surface area contributed by atoms with Gasteiger partial charge in [0, 0.05) is 26.7 Å². The van der Waals surface area contributed by atoms with Crippen molar-refractivity contribution in [2.45, 2.75) is 52.7 Å². The van der Waals surface area contributed by atoms with Gasteiger partial charge in [-0.3, -0.25) is 4.79 Å². The molecule has 0 aromatic heterocycles. The van der Waals surface area contributed by atoms with Gasteiger partial charge in [-0.2, -0.15) is 0 Å². The second-order valence-electron chi connectivity index (χ2n) is 10.3. The SMILES string of the molecule is CC(C)(C)NS(=O)(=O)COc1ccc(Cl)cc1/C=C1\C(=O)N(C(=O)OC(C)(C)C)c2cc(Cl)ccc21. The van der Waals surface area contributed by atoms with Gasteiger partial charge in [0.25, 0.3) is 5.91 Å². The number of fused-ring (bicyclic) bond motifs is 1. The van der Waals surface area contributed by atoms with Crippen LogP contribution >= 0.6 is 23.2 Å². The summed E-state index contributed by atoms with van der Waals surface area (Å²) in [5.74, 6) is -1.09. The average Bonchev–Trinajstić information content (AvgIpc) is 2.95. The maximum atomic E-state index is 13.4. The molecule has 0 radical (unpaired) electrons. The Morgan fingerprint density at radius 2 is 1.64 bits per heavy atom. The highest BCUT2D eigenvalue weighted by molar-refractivity contribution is 7.89. The van der Waals surface area contributed by atoms with Gasteiger partial charge < -0.3 is 9.47 Å². The molecule has 36 heavy (non-hydrogen) atoms. The molecule has 1 aliphatic heterocycles. The van der Waals surface area contributed by atoms with Crippen LogP contribution in [0.25, 0.3) is 11.6 Å². The van der Waals surface area contributed by atoms with Crippen molar-refractivity contribution in [3.8, 4) is 5.75 Å². The molecule has 1 heterocycles. The van der Waals surface area contributed by atoms with Crippen molar-refractivity contribution in [3.05, 3.63) is 57.6 Å². The Hall–Kier alpha value is -2.59. The fraction of sp³-hybridized carbons (Fsp3) is 0.360. The summed E-state index contributed by atoms with van der Waals surface area (Å²) in [6.45, 7) is 10.2. The van der Waals surface area contributed by atoms with Gasteiger partial charge in [0.2, 0.25) is 16.0 Å². The molecular formula is C25H28Cl2N2O6S. The predicted octanol–water partition coefficient (Wildman–Crippen LogP) is 5.87. The number of anilines is 1. The predicted molar refractivity (Wildman–Crippen MR) is 142 cm³/mol. The first-order valence-corrected chi connectivity index (χ1v) is 13.4. The van der Waals surface area contributed by atoms with E-state index in [9.17, 15) is 18.0 Å². The Morgan fingerprint density at radius 3 is 2.25 bits per heavy atom. The van der Waals surface area contributed by atoms with Gasteiger partial charge in [-0.25, -0.2) is 22.8 Å². The highest BCUT2D eigenvalue weighted by atomic mass is 35.5. The third kappa shape index (κ3) is 7.00. The van der Waals surface area contributed by atoms with Gasteiger partial charge in [-0.1, -0.05) is 29.3 Å². The number of rotatable bonds is 5. The minimum Gasteiger partial charge on any atom is -0.476 e. The summed E-state index contributed by atoms with van der Waals surface area (Å²) in [6.07, 6.45) is 0.645. The molecule has 0 saturated carbocycles. The number of halogens is 2. The number of nitrogens with zero attached hydrogens (tertiary/aromatic N) is 1. The van der Waals surface area contributed by atoms with Crippen LogP contribution in [0.1, 0.15) is 52.7 Å². The number of hydrogen-bond donors (Lipinski definition) is 1. The molecule has 1 aliphatic rings. The molecule has 11 heteroatoms. The molecule has 2 aromatic rings. The lowest BCUT2D eigenvalue weighted by molar-refractivity contribution is -0.112. The van der Waals surface area contributed by atoms with Crippen LogP contribution < -0.4 is 14.4 Å². The van der Waals surface area contributed by atoms with Crippen LogP contribution in [-0.2, 0) is 19.6 Å². The summed E-state index contributed by atoms with van der Waals surface area (Å²) in [5, 5.41) is 0.676. The molecule has 2 aromatic carbocycles. The zero-order valence-electron chi connectivity index (χ0n) is 20.8. The molecule has 2 amide bonds. The summed E-state index contributed by atoms with van der Waals surface area (Å²) in [7, 11) is -3.77. The quantitative estimate of drug-likeness (QED) is 0.463. The first-order valence-electron chi connectivity index (χ1n) is 11.0. The normalized spacial score (nSPS) is 15.3. The number of sulfonamides is 1. The molecule has 0 saturated heterocycles. The Kier molecular flexibility index (Phi) is 7.81. The number of carbonyl (C=O) groups is 2. The number of imide groups is 1. The lowest BCUT2D eigenvalue weighted by Crippen LogP contribution is -2.42. The number of nitrogens with one attached hydrogen (secondary N) is 1. The highest BCUT2D eigenvalue weighted by Crippen LogP contribution is 2.41. The van der Waals surface area contributed by atoms with E-state index in [1.807, 2.05) is 0 Å². The van der Waals surface area contributed by atoms with Crippen LogP contribution in [0, 0.1) is 0 Å². The smallest absolute Gasteiger partial charge is 0.422 e. The van der Waals surface area contributed by atoms with Gasteiger partial charge >= 0.3 is 6.09 Å². The first-order chi connectivity index (χ1) is 16.5. The summed E-state index contributed by atoms with van der Waals surface area (Å²) in [5.41, 5.74) is -0.278. The Bertz CT molecular complexity index is 1340. The van der Waals surface area contributed by atoms with E-state index in [2.05, 4.69) is 4.72 Å². The van der Waals surface area contributed by atoms with E-state index in [0.29, 0.717) is 21.2 Å². The van der Waals surface area contributed by atoms with Crippen molar-refractivity contribution in [2.24, 2.45) is 0 Å². The monoisotopic (exact) mass is 554 g/mol. The summed E-state index contributed by atoms with van der Waals surface area (Å²) >= 11 is 12.3. The van der Waals surface area contributed by atoms with E-state index in [1.54, 1.807) is 59.7 Å². The second kappa shape index (κ2) is 10.0. The van der Waals surface area contributed by atoms with Crippen molar-refractivity contribution in [3.63, 3.8) is 0 Å². The van der Waals surface area contributed by atoms with Gasteiger partial charge in [0.15, 0.2) is 0 Å². The maximum absolute atomic E-state index is 13.4. The fourth-order valence-electron chi connectivity index (χ4n) is 3.45. The van der Waals surface area contributed by atoms with Crippen LogP contribution in [0.5, 0.6) is 5.75 Å². The maximum Gasteiger partial charge on any atom is 0.422 e. The molecule has 0 bridgehead atoms.